The normalized spacial score (nSPS) is 29.6. The molecule has 1 N–H and O–H groups in total. The second kappa shape index (κ2) is 5.14. The monoisotopic (exact) mass is 262 g/mol. The minimum absolute atomic E-state index is 0.0924. The summed E-state index contributed by atoms with van der Waals surface area (Å²) in [6.07, 6.45) is 3.99. The summed E-state index contributed by atoms with van der Waals surface area (Å²) in [6, 6.07) is 8.42. The van der Waals surface area contributed by atoms with Crippen LogP contribution in [0.5, 0.6) is 5.75 Å². The van der Waals surface area contributed by atoms with E-state index in [2.05, 4.69) is 12.1 Å². The van der Waals surface area contributed by atoms with Crippen molar-refractivity contribution in [1.82, 2.24) is 0 Å². The van der Waals surface area contributed by atoms with Crippen LogP contribution in [0.15, 0.2) is 24.3 Å². The molecule has 0 atom stereocenters. The van der Waals surface area contributed by atoms with Crippen LogP contribution in [-0.4, -0.2) is 31.5 Å². The molecule has 2 aliphatic rings. The molecule has 1 aromatic rings. The summed E-state index contributed by atoms with van der Waals surface area (Å²) >= 11 is 0. The molecular weight excluding hydrogens is 240 g/mol. The molecule has 1 aliphatic carbocycles. The largest absolute Gasteiger partial charge is 0.497 e. The number of aliphatic hydroxyl groups excluding tert-OH is 1. The van der Waals surface area contributed by atoms with E-state index >= 15 is 0 Å². The van der Waals surface area contributed by atoms with E-state index in [0.29, 0.717) is 5.92 Å². The fraction of sp³-hybridized carbons (Fsp3) is 0.625. The second-order valence-electron chi connectivity index (χ2n) is 5.88. The van der Waals surface area contributed by atoms with Crippen molar-refractivity contribution in [2.24, 2.45) is 5.92 Å². The van der Waals surface area contributed by atoms with Gasteiger partial charge in [0.25, 0.3) is 0 Å². The first kappa shape index (κ1) is 12.9. The molecule has 19 heavy (non-hydrogen) atoms. The molecule has 2 fully saturated rings. The van der Waals surface area contributed by atoms with Gasteiger partial charge in [-0.05, 0) is 49.3 Å². The van der Waals surface area contributed by atoms with Crippen LogP contribution in [0.1, 0.15) is 31.2 Å². The van der Waals surface area contributed by atoms with Crippen LogP contribution in [0, 0.1) is 5.92 Å². The number of hydrogen-bond donors (Lipinski definition) is 1. The van der Waals surface area contributed by atoms with Gasteiger partial charge in [-0.15, -0.1) is 0 Å². The third kappa shape index (κ3) is 2.26. The van der Waals surface area contributed by atoms with Crippen LogP contribution in [0.2, 0.25) is 0 Å². The molecule has 0 radical (unpaired) electrons. The van der Waals surface area contributed by atoms with Gasteiger partial charge >= 0.3 is 0 Å². The highest BCUT2D eigenvalue weighted by Gasteiger charge is 2.47. The predicted molar refractivity (Wildman–Crippen MR) is 73.5 cm³/mol. The summed E-state index contributed by atoms with van der Waals surface area (Å²) in [5.41, 5.74) is 1.54. The molecule has 1 saturated carbocycles. The standard InChI is InChI=1S/C16H22O3/c1-18-15-8-4-13(5-9-15)16(10-19-11-16)12-2-6-14(17)7-3-12/h4-5,8-9,12,14,17H,2-3,6-7,10-11H2,1H3. The lowest BCUT2D eigenvalue weighted by Gasteiger charge is -2.49. The van der Waals surface area contributed by atoms with Crippen LogP contribution in [0.25, 0.3) is 0 Å². The van der Waals surface area contributed by atoms with Crippen LogP contribution >= 0.6 is 0 Å². The van der Waals surface area contributed by atoms with E-state index in [9.17, 15) is 5.11 Å². The van der Waals surface area contributed by atoms with Gasteiger partial charge in [-0.25, -0.2) is 0 Å². The van der Waals surface area contributed by atoms with Crippen LogP contribution < -0.4 is 4.74 Å². The van der Waals surface area contributed by atoms with Crippen molar-refractivity contribution in [1.29, 1.82) is 0 Å². The minimum Gasteiger partial charge on any atom is -0.497 e. The molecule has 1 aliphatic heterocycles. The first-order chi connectivity index (χ1) is 9.24. The van der Waals surface area contributed by atoms with Crippen molar-refractivity contribution in [2.45, 2.75) is 37.2 Å². The predicted octanol–water partition coefficient (Wildman–Crippen LogP) is 2.51. The molecule has 0 amide bonds. The first-order valence-corrected chi connectivity index (χ1v) is 7.15. The number of hydrogen-bond acceptors (Lipinski definition) is 3. The van der Waals surface area contributed by atoms with E-state index in [1.54, 1.807) is 7.11 Å². The van der Waals surface area contributed by atoms with E-state index < -0.39 is 0 Å². The highest BCUT2D eigenvalue weighted by Crippen LogP contribution is 2.46. The second-order valence-corrected chi connectivity index (χ2v) is 5.88. The summed E-state index contributed by atoms with van der Waals surface area (Å²) in [5.74, 6) is 1.54. The fourth-order valence-corrected chi connectivity index (χ4v) is 3.51. The Balaban J connectivity index is 1.81. The molecule has 0 aromatic heterocycles. The highest BCUT2D eigenvalue weighted by molar-refractivity contribution is 5.35. The van der Waals surface area contributed by atoms with Crippen molar-refractivity contribution >= 4 is 0 Å². The third-order valence-corrected chi connectivity index (χ3v) is 4.86. The molecule has 3 heteroatoms. The Hall–Kier alpha value is -1.06. The van der Waals surface area contributed by atoms with Gasteiger partial charge in [-0.1, -0.05) is 12.1 Å². The molecule has 1 heterocycles. The molecule has 0 bridgehead atoms. The van der Waals surface area contributed by atoms with E-state index in [-0.39, 0.29) is 11.5 Å². The highest BCUT2D eigenvalue weighted by atomic mass is 16.5. The summed E-state index contributed by atoms with van der Waals surface area (Å²) in [6.45, 7) is 1.64. The third-order valence-electron chi connectivity index (χ3n) is 4.86. The molecule has 1 saturated heterocycles. The van der Waals surface area contributed by atoms with Crippen molar-refractivity contribution < 1.29 is 14.6 Å². The zero-order chi connectivity index (χ0) is 13.3. The topological polar surface area (TPSA) is 38.7 Å². The average Bonchev–Trinajstić information content (AvgIpc) is 2.40. The van der Waals surface area contributed by atoms with Crippen molar-refractivity contribution in [3.05, 3.63) is 29.8 Å². The maximum Gasteiger partial charge on any atom is 0.118 e. The zero-order valence-electron chi connectivity index (χ0n) is 11.5. The van der Waals surface area contributed by atoms with E-state index in [1.807, 2.05) is 12.1 Å². The lowest BCUT2D eigenvalue weighted by molar-refractivity contribution is -0.103. The number of methoxy groups -OCH3 is 1. The van der Waals surface area contributed by atoms with Crippen LogP contribution in [0.4, 0.5) is 0 Å². The Morgan fingerprint density at radius 3 is 2.21 bits per heavy atom. The maximum atomic E-state index is 9.67. The lowest BCUT2D eigenvalue weighted by Crippen LogP contribution is -2.53. The van der Waals surface area contributed by atoms with Crippen LogP contribution in [-0.2, 0) is 10.2 Å². The Kier molecular flexibility index (Phi) is 3.50. The fourth-order valence-electron chi connectivity index (χ4n) is 3.51. The van der Waals surface area contributed by atoms with Gasteiger partial charge in [-0.2, -0.15) is 0 Å². The summed E-state index contributed by atoms with van der Waals surface area (Å²) < 4.78 is 10.8. The molecule has 3 rings (SSSR count). The molecular formula is C16H22O3. The van der Waals surface area contributed by atoms with Gasteiger partial charge in [0.05, 0.1) is 26.4 Å². The Bertz CT molecular complexity index is 414. The van der Waals surface area contributed by atoms with E-state index in [1.165, 1.54) is 5.56 Å². The van der Waals surface area contributed by atoms with Gasteiger partial charge in [-0.3, -0.25) is 0 Å². The number of aliphatic hydroxyl groups is 1. The van der Waals surface area contributed by atoms with Gasteiger partial charge in [0.15, 0.2) is 0 Å². The van der Waals surface area contributed by atoms with Crippen molar-refractivity contribution in [2.75, 3.05) is 20.3 Å². The minimum atomic E-state index is -0.0924. The Morgan fingerprint density at radius 1 is 1.11 bits per heavy atom. The lowest BCUT2D eigenvalue weighted by atomic mass is 9.63. The van der Waals surface area contributed by atoms with Gasteiger partial charge in [0.1, 0.15) is 5.75 Å². The van der Waals surface area contributed by atoms with Gasteiger partial charge < -0.3 is 14.6 Å². The summed E-state index contributed by atoms with van der Waals surface area (Å²) in [5, 5.41) is 9.67. The Labute approximate surface area is 114 Å². The van der Waals surface area contributed by atoms with E-state index in [4.69, 9.17) is 9.47 Å². The van der Waals surface area contributed by atoms with E-state index in [0.717, 1.165) is 44.6 Å². The van der Waals surface area contributed by atoms with Gasteiger partial charge in [0, 0.05) is 5.41 Å². The van der Waals surface area contributed by atoms with Crippen molar-refractivity contribution in [3.8, 4) is 5.75 Å². The molecule has 104 valence electrons. The quantitative estimate of drug-likeness (QED) is 0.909. The molecule has 0 unspecified atom stereocenters. The van der Waals surface area contributed by atoms with Crippen molar-refractivity contribution in [3.63, 3.8) is 0 Å². The SMILES string of the molecule is COc1ccc(C2(C3CCC(O)CC3)COC2)cc1. The summed E-state index contributed by atoms with van der Waals surface area (Å²) in [7, 11) is 1.69. The van der Waals surface area contributed by atoms with Gasteiger partial charge in [0.2, 0.25) is 0 Å². The number of benzene rings is 1. The maximum absolute atomic E-state index is 9.67. The Morgan fingerprint density at radius 2 is 1.74 bits per heavy atom. The first-order valence-electron chi connectivity index (χ1n) is 7.15. The number of rotatable bonds is 3. The average molecular weight is 262 g/mol. The molecule has 3 nitrogen and oxygen atoms in total. The number of ether oxygens (including phenoxy) is 2. The van der Waals surface area contributed by atoms with Crippen LogP contribution in [0.3, 0.4) is 0 Å². The summed E-state index contributed by atoms with van der Waals surface area (Å²) in [4.78, 5) is 0. The molecule has 0 spiro atoms. The smallest absolute Gasteiger partial charge is 0.118 e. The zero-order valence-corrected chi connectivity index (χ0v) is 11.5. The molecule has 1 aromatic carbocycles.